The summed E-state index contributed by atoms with van der Waals surface area (Å²) in [4.78, 5) is 29.6. The Labute approximate surface area is 206 Å². The molecule has 0 unspecified atom stereocenters. The van der Waals surface area contributed by atoms with Crippen molar-refractivity contribution < 1.29 is 13.9 Å². The molecule has 0 aromatic carbocycles. The number of nitrogens with zero attached hydrogens (tertiary/aromatic N) is 4. The molecule has 10 heteroatoms. The Morgan fingerprint density at radius 1 is 1.21 bits per heavy atom. The number of carbonyl (C=O) groups excluding carboxylic acids is 1. The molecule has 2 atom stereocenters. The molecule has 2 bridgehead atoms. The van der Waals surface area contributed by atoms with E-state index in [2.05, 4.69) is 15.0 Å². The quantitative estimate of drug-likeness (QED) is 0.359. The van der Waals surface area contributed by atoms with Gasteiger partial charge in [-0.05, 0) is 50.5 Å². The monoisotopic (exact) mass is 503 g/mol. The number of hydrogen-bond acceptors (Lipinski definition) is 5. The number of H-pyrrole nitrogens is 1. The number of aromatic nitrogens is 5. The average Bonchev–Trinajstić information content (AvgIpc) is 3.39. The topological polar surface area (TPSA) is 85.7 Å². The van der Waals surface area contributed by atoms with Crippen LogP contribution in [0.3, 0.4) is 0 Å². The lowest BCUT2D eigenvalue weighted by molar-refractivity contribution is -0.157. The molecule has 0 saturated heterocycles. The first-order valence-electron chi connectivity index (χ1n) is 11.4. The van der Waals surface area contributed by atoms with Crippen molar-refractivity contribution in [3.63, 3.8) is 0 Å². The minimum Gasteiger partial charge on any atom is -0.466 e. The third kappa shape index (κ3) is 3.55. The first-order chi connectivity index (χ1) is 16.0. The first kappa shape index (κ1) is 23.1. The second-order valence-electron chi connectivity index (χ2n) is 9.01. The van der Waals surface area contributed by atoms with Crippen LogP contribution in [0.4, 0.5) is 4.39 Å². The molecular formula is C24H24Cl2FN5O2. The van der Waals surface area contributed by atoms with E-state index in [1.54, 1.807) is 18.5 Å². The van der Waals surface area contributed by atoms with E-state index in [-0.39, 0.29) is 48.0 Å². The van der Waals surface area contributed by atoms with E-state index in [1.165, 1.54) is 12.4 Å². The van der Waals surface area contributed by atoms with E-state index in [0.717, 1.165) is 36.6 Å². The number of hydrogen-bond donors (Lipinski definition) is 1. The average molecular weight is 504 g/mol. The van der Waals surface area contributed by atoms with E-state index in [0.29, 0.717) is 34.1 Å². The molecule has 0 aliphatic heterocycles. The molecule has 0 radical (unpaired) electrons. The molecule has 34 heavy (non-hydrogen) atoms. The van der Waals surface area contributed by atoms with Crippen molar-refractivity contribution in [3.05, 3.63) is 41.7 Å². The van der Waals surface area contributed by atoms with E-state index in [4.69, 9.17) is 21.3 Å². The normalized spacial score (nSPS) is 23.9. The summed E-state index contributed by atoms with van der Waals surface area (Å²) in [6.45, 7) is 2.16. The number of esters is 1. The highest BCUT2D eigenvalue weighted by Crippen LogP contribution is 2.52. The van der Waals surface area contributed by atoms with Crippen molar-refractivity contribution >= 4 is 52.0 Å². The summed E-state index contributed by atoms with van der Waals surface area (Å²) >= 11 is 6.15. The first-order valence-corrected chi connectivity index (χ1v) is 11.8. The van der Waals surface area contributed by atoms with Crippen LogP contribution in [0.15, 0.2) is 30.9 Å². The highest BCUT2D eigenvalue weighted by Gasteiger charge is 2.49. The summed E-state index contributed by atoms with van der Waals surface area (Å²) in [5, 5.41) is 1.65. The molecular weight excluding hydrogens is 480 g/mol. The van der Waals surface area contributed by atoms with Gasteiger partial charge in [0.05, 0.1) is 29.0 Å². The summed E-state index contributed by atoms with van der Waals surface area (Å²) in [6, 6.07) is 1.63. The lowest BCUT2D eigenvalue weighted by Crippen LogP contribution is -2.45. The minimum absolute atomic E-state index is 0. The standard InChI is InChI=1S/C24H23ClFN5O2.ClH/c1-2-33-24(32)19-12-3-5-13(6-4-12)20(19)31-11-18(26)17-10-29-22(30-23(17)31)16-9-28-21-15(16)7-14(25)8-27-21;/h7-13,19-20H,2-6H2,1H3,(H,27,28);1H/t12?,13?,19-,20-;/m1./s1. The molecule has 3 saturated carbocycles. The van der Waals surface area contributed by atoms with Crippen LogP contribution in [0.25, 0.3) is 33.5 Å². The van der Waals surface area contributed by atoms with Gasteiger partial charge in [0.1, 0.15) is 11.3 Å². The Balaban J connectivity index is 0.00000241. The van der Waals surface area contributed by atoms with Gasteiger partial charge >= 0.3 is 5.97 Å². The van der Waals surface area contributed by atoms with Crippen molar-refractivity contribution in [2.75, 3.05) is 6.61 Å². The third-order valence-corrected chi connectivity index (χ3v) is 7.52. The number of halogens is 3. The molecule has 0 amide bonds. The maximum absolute atomic E-state index is 15.0. The number of nitrogens with one attached hydrogen (secondary N) is 1. The highest BCUT2D eigenvalue weighted by atomic mass is 35.5. The van der Waals surface area contributed by atoms with Gasteiger partial charge in [0.25, 0.3) is 0 Å². The molecule has 7 nitrogen and oxygen atoms in total. The zero-order valence-electron chi connectivity index (χ0n) is 18.5. The Bertz CT molecular complexity index is 1380. The van der Waals surface area contributed by atoms with Gasteiger partial charge in [-0.2, -0.15) is 0 Å². The molecule has 3 fully saturated rings. The summed E-state index contributed by atoms with van der Waals surface area (Å²) in [5.41, 5.74) is 1.91. The predicted molar refractivity (Wildman–Crippen MR) is 129 cm³/mol. The van der Waals surface area contributed by atoms with E-state index >= 15 is 4.39 Å². The molecule has 178 valence electrons. The third-order valence-electron chi connectivity index (χ3n) is 7.32. The van der Waals surface area contributed by atoms with E-state index < -0.39 is 0 Å². The summed E-state index contributed by atoms with van der Waals surface area (Å²) in [6.07, 6.45) is 10.4. The van der Waals surface area contributed by atoms with Crippen LogP contribution in [0.5, 0.6) is 0 Å². The predicted octanol–water partition coefficient (Wildman–Crippen LogP) is 5.73. The molecule has 3 aliphatic rings. The van der Waals surface area contributed by atoms with Gasteiger partial charge in [0.2, 0.25) is 0 Å². The SMILES string of the molecule is CCOC(=O)[C@@H]1C2CCC(CC2)[C@H]1n1cc(F)c2cnc(-c3c[nH]c4ncc(Cl)cc34)nc21.Cl. The zero-order valence-corrected chi connectivity index (χ0v) is 20.1. The van der Waals surface area contributed by atoms with Crippen molar-refractivity contribution in [1.29, 1.82) is 0 Å². The fourth-order valence-corrected chi connectivity index (χ4v) is 6.06. The van der Waals surface area contributed by atoms with Crippen LogP contribution < -0.4 is 0 Å². The van der Waals surface area contributed by atoms with Crippen LogP contribution >= 0.6 is 24.0 Å². The Morgan fingerprint density at radius 2 is 1.97 bits per heavy atom. The molecule has 1 N–H and O–H groups in total. The summed E-state index contributed by atoms with van der Waals surface area (Å²) in [7, 11) is 0. The number of fused-ring (bicyclic) bond motifs is 5. The Morgan fingerprint density at radius 3 is 2.74 bits per heavy atom. The maximum Gasteiger partial charge on any atom is 0.311 e. The van der Waals surface area contributed by atoms with Crippen LogP contribution in [0.1, 0.15) is 38.6 Å². The van der Waals surface area contributed by atoms with E-state index in [1.807, 2.05) is 11.5 Å². The van der Waals surface area contributed by atoms with Gasteiger partial charge in [0.15, 0.2) is 11.6 Å². The molecule has 4 aromatic heterocycles. The van der Waals surface area contributed by atoms with Crippen LogP contribution in [0.2, 0.25) is 5.02 Å². The van der Waals surface area contributed by atoms with Crippen molar-refractivity contribution in [2.45, 2.75) is 38.6 Å². The van der Waals surface area contributed by atoms with Crippen LogP contribution in [-0.2, 0) is 9.53 Å². The van der Waals surface area contributed by atoms with Gasteiger partial charge in [-0.25, -0.2) is 19.3 Å². The largest absolute Gasteiger partial charge is 0.466 e. The molecule has 4 aromatic rings. The number of ether oxygens (including phenoxy) is 1. The summed E-state index contributed by atoms with van der Waals surface area (Å²) < 4.78 is 22.3. The van der Waals surface area contributed by atoms with Crippen LogP contribution in [-0.4, -0.2) is 37.1 Å². The fraction of sp³-hybridized carbons (Fsp3) is 0.417. The zero-order chi connectivity index (χ0) is 22.7. The molecule has 0 spiro atoms. The summed E-state index contributed by atoms with van der Waals surface area (Å²) in [5.74, 6) is 0.124. The van der Waals surface area contributed by atoms with Crippen LogP contribution in [0, 0.1) is 23.6 Å². The number of pyridine rings is 1. The van der Waals surface area contributed by atoms with E-state index in [9.17, 15) is 4.79 Å². The minimum atomic E-state index is -0.385. The maximum atomic E-state index is 15.0. The lowest BCUT2D eigenvalue weighted by Gasteiger charge is -2.47. The second kappa shape index (κ2) is 8.82. The molecule has 3 aliphatic carbocycles. The van der Waals surface area contributed by atoms with Gasteiger partial charge in [-0.1, -0.05) is 11.6 Å². The number of rotatable bonds is 4. The highest BCUT2D eigenvalue weighted by molar-refractivity contribution is 6.31. The Kier molecular flexibility index (Phi) is 5.98. The number of aromatic amines is 1. The molecule has 7 rings (SSSR count). The van der Waals surface area contributed by atoms with Gasteiger partial charge < -0.3 is 14.3 Å². The smallest absolute Gasteiger partial charge is 0.311 e. The number of carbonyl (C=O) groups is 1. The van der Waals surface area contributed by atoms with Crippen molar-refractivity contribution in [1.82, 2.24) is 24.5 Å². The van der Waals surface area contributed by atoms with Crippen molar-refractivity contribution in [2.24, 2.45) is 17.8 Å². The van der Waals surface area contributed by atoms with Crippen molar-refractivity contribution in [3.8, 4) is 11.4 Å². The Hall–Kier alpha value is -2.71. The second-order valence-corrected chi connectivity index (χ2v) is 9.45. The van der Waals surface area contributed by atoms with Gasteiger partial charge in [0, 0.05) is 35.7 Å². The fourth-order valence-electron chi connectivity index (χ4n) is 5.90. The lowest BCUT2D eigenvalue weighted by atomic mass is 9.61. The van der Waals surface area contributed by atoms with Gasteiger partial charge in [-0.15, -0.1) is 12.4 Å². The van der Waals surface area contributed by atoms with Gasteiger partial charge in [-0.3, -0.25) is 4.79 Å². The molecule has 4 heterocycles.